The highest BCUT2D eigenvalue weighted by Gasteiger charge is 2.33. The summed E-state index contributed by atoms with van der Waals surface area (Å²) in [5, 5.41) is 17.8. The summed E-state index contributed by atoms with van der Waals surface area (Å²) in [5.41, 5.74) is 3.96. The van der Waals surface area contributed by atoms with Crippen molar-refractivity contribution in [3.8, 4) is 5.75 Å². The number of aliphatic hydroxyl groups excluding tert-OH is 1. The molecule has 1 aromatic carbocycles. The van der Waals surface area contributed by atoms with Crippen LogP contribution in [0.2, 0.25) is 0 Å². The van der Waals surface area contributed by atoms with Crippen LogP contribution in [0.5, 0.6) is 5.75 Å². The molecule has 2 aromatic heterocycles. The van der Waals surface area contributed by atoms with E-state index in [4.69, 9.17) is 14.8 Å². The molecule has 3 aromatic rings. The number of aromatic nitrogens is 3. The number of β-amino-alcohol motifs (C(OH)–C–C–N with tert-alkyl or cyclic N) is 1. The summed E-state index contributed by atoms with van der Waals surface area (Å²) in [4.78, 5) is 35.4. The Morgan fingerprint density at radius 2 is 1.95 bits per heavy atom. The summed E-state index contributed by atoms with van der Waals surface area (Å²) in [5.74, 6) is 0.971. The first-order valence-corrected chi connectivity index (χ1v) is 13.5. The summed E-state index contributed by atoms with van der Waals surface area (Å²) >= 11 is 0. The van der Waals surface area contributed by atoms with Crippen LogP contribution in [0.3, 0.4) is 0 Å². The lowest BCUT2D eigenvalue weighted by Crippen LogP contribution is -2.51. The highest BCUT2D eigenvalue weighted by molar-refractivity contribution is 5.97. The molecule has 0 aliphatic carbocycles. The largest absolute Gasteiger partial charge is 0.483 e. The molecule has 3 aliphatic rings. The van der Waals surface area contributed by atoms with Crippen LogP contribution in [-0.4, -0.2) is 75.3 Å². The molecule has 38 heavy (non-hydrogen) atoms. The first-order chi connectivity index (χ1) is 18.4. The van der Waals surface area contributed by atoms with Gasteiger partial charge in [0.1, 0.15) is 11.6 Å². The number of rotatable bonds is 1. The smallest absolute Gasteiger partial charge is 0.258 e. The van der Waals surface area contributed by atoms with E-state index in [0.717, 1.165) is 47.7 Å². The van der Waals surface area contributed by atoms with Crippen LogP contribution >= 0.6 is 0 Å². The number of piperidine rings is 1. The third kappa shape index (κ3) is 4.57. The fourth-order valence-corrected chi connectivity index (χ4v) is 5.66. The minimum atomic E-state index is -0.338. The summed E-state index contributed by atoms with van der Waals surface area (Å²) < 4.78 is 7.76. The molecule has 2 bridgehead atoms. The summed E-state index contributed by atoms with van der Waals surface area (Å²) in [6.45, 7) is 6.12. The van der Waals surface area contributed by atoms with E-state index < -0.39 is 0 Å². The van der Waals surface area contributed by atoms with Crippen LogP contribution in [-0.2, 0) is 4.79 Å². The van der Waals surface area contributed by atoms with Crippen molar-refractivity contribution >= 4 is 23.3 Å². The van der Waals surface area contributed by atoms with Gasteiger partial charge >= 0.3 is 0 Å². The van der Waals surface area contributed by atoms with Gasteiger partial charge in [0, 0.05) is 44.2 Å². The number of carbonyl (C=O) groups is 2. The molecule has 2 fully saturated rings. The molecule has 5 heterocycles. The molecule has 2 unspecified atom stereocenters. The van der Waals surface area contributed by atoms with E-state index in [2.05, 4.69) is 17.1 Å². The van der Waals surface area contributed by atoms with Crippen LogP contribution in [0.15, 0.2) is 30.3 Å². The van der Waals surface area contributed by atoms with Crippen molar-refractivity contribution in [1.82, 2.24) is 24.8 Å². The number of fused-ring (bicyclic) bond motifs is 4. The van der Waals surface area contributed by atoms with E-state index in [1.807, 2.05) is 40.6 Å². The Labute approximate surface area is 221 Å². The van der Waals surface area contributed by atoms with Gasteiger partial charge in [-0.1, -0.05) is 18.6 Å². The number of nitrogens with one attached hydrogen (secondary N) is 1. The van der Waals surface area contributed by atoms with Crippen LogP contribution in [0.25, 0.3) is 5.65 Å². The lowest BCUT2D eigenvalue weighted by Gasteiger charge is -2.37. The Hall–Kier alpha value is -3.66. The maximum Gasteiger partial charge on any atom is 0.258 e. The van der Waals surface area contributed by atoms with E-state index in [1.54, 1.807) is 6.07 Å². The predicted molar refractivity (Wildman–Crippen MR) is 142 cm³/mol. The molecule has 200 valence electrons. The van der Waals surface area contributed by atoms with Gasteiger partial charge < -0.3 is 25.0 Å². The molecule has 10 nitrogen and oxygen atoms in total. The SMILES string of the molecule is Cc1ccc2c(c1)C(=O)N1CCCCC1c1cc3nc(N4CC(O)C4)cc(n3n1)C(C)CCNC(=O)CO2. The maximum absolute atomic E-state index is 14.0. The van der Waals surface area contributed by atoms with Gasteiger partial charge in [0.2, 0.25) is 0 Å². The lowest BCUT2D eigenvalue weighted by molar-refractivity contribution is -0.123. The number of aliphatic hydroxyl groups is 1. The second-order valence-electron chi connectivity index (χ2n) is 10.8. The van der Waals surface area contributed by atoms with Gasteiger partial charge in [-0.25, -0.2) is 9.50 Å². The zero-order valence-electron chi connectivity index (χ0n) is 21.9. The Balaban J connectivity index is 1.46. The first-order valence-electron chi connectivity index (χ1n) is 13.5. The number of nitrogens with zero attached hydrogens (tertiary/aromatic N) is 5. The van der Waals surface area contributed by atoms with E-state index >= 15 is 0 Å². The van der Waals surface area contributed by atoms with Crippen LogP contribution in [0.4, 0.5) is 5.82 Å². The molecular weight excluding hydrogens is 484 g/mol. The van der Waals surface area contributed by atoms with Gasteiger partial charge in [-0.15, -0.1) is 0 Å². The summed E-state index contributed by atoms with van der Waals surface area (Å²) in [6.07, 6.45) is 3.12. The van der Waals surface area contributed by atoms with Crippen molar-refractivity contribution in [1.29, 1.82) is 0 Å². The Morgan fingerprint density at radius 1 is 1.11 bits per heavy atom. The van der Waals surface area contributed by atoms with Gasteiger partial charge in [-0.3, -0.25) is 9.59 Å². The monoisotopic (exact) mass is 518 g/mol. The third-order valence-corrected chi connectivity index (χ3v) is 7.88. The van der Waals surface area contributed by atoms with Crippen molar-refractivity contribution in [2.24, 2.45) is 0 Å². The molecule has 2 atom stereocenters. The lowest BCUT2D eigenvalue weighted by atomic mass is 9.97. The molecule has 10 heteroatoms. The van der Waals surface area contributed by atoms with Crippen molar-refractivity contribution < 1.29 is 19.4 Å². The number of hydrogen-bond acceptors (Lipinski definition) is 7. The molecule has 0 spiro atoms. The molecular formula is C28H34N6O4. The number of amides is 2. The van der Waals surface area contributed by atoms with Gasteiger partial charge in [0.15, 0.2) is 12.3 Å². The van der Waals surface area contributed by atoms with E-state index in [1.165, 1.54) is 0 Å². The average Bonchev–Trinajstić information content (AvgIpc) is 3.33. The third-order valence-electron chi connectivity index (χ3n) is 7.88. The predicted octanol–water partition coefficient (Wildman–Crippen LogP) is 2.59. The molecule has 0 saturated carbocycles. The Bertz CT molecular complexity index is 1380. The molecule has 6 rings (SSSR count). The van der Waals surface area contributed by atoms with Crippen LogP contribution in [0.1, 0.15) is 71.9 Å². The fraction of sp³-hybridized carbons (Fsp3) is 0.500. The zero-order valence-corrected chi connectivity index (χ0v) is 21.9. The quantitative estimate of drug-likeness (QED) is 0.509. The van der Waals surface area contributed by atoms with Crippen molar-refractivity contribution in [2.45, 2.75) is 57.6 Å². The molecule has 2 amide bonds. The minimum absolute atomic E-state index is 0.0834. The number of benzene rings is 1. The van der Waals surface area contributed by atoms with Crippen LogP contribution < -0.4 is 15.0 Å². The minimum Gasteiger partial charge on any atom is -0.483 e. The second kappa shape index (κ2) is 9.90. The topological polar surface area (TPSA) is 112 Å². The molecule has 3 aliphatic heterocycles. The number of carbonyl (C=O) groups excluding carboxylic acids is 2. The van der Waals surface area contributed by atoms with Gasteiger partial charge in [-0.2, -0.15) is 5.10 Å². The van der Waals surface area contributed by atoms with Gasteiger partial charge in [0.25, 0.3) is 11.8 Å². The van der Waals surface area contributed by atoms with Crippen molar-refractivity contribution in [3.05, 3.63) is 52.8 Å². The first kappa shape index (κ1) is 24.7. The number of anilines is 1. The maximum atomic E-state index is 14.0. The number of aryl methyl sites for hydroxylation is 1. The fourth-order valence-electron chi connectivity index (χ4n) is 5.66. The summed E-state index contributed by atoms with van der Waals surface area (Å²) in [7, 11) is 0. The second-order valence-corrected chi connectivity index (χ2v) is 10.8. The van der Waals surface area contributed by atoms with E-state index in [-0.39, 0.29) is 36.5 Å². The number of hydrogen-bond donors (Lipinski definition) is 2. The van der Waals surface area contributed by atoms with E-state index in [0.29, 0.717) is 43.9 Å². The Morgan fingerprint density at radius 3 is 2.76 bits per heavy atom. The van der Waals surface area contributed by atoms with Crippen molar-refractivity contribution in [2.75, 3.05) is 37.7 Å². The zero-order chi connectivity index (χ0) is 26.4. The highest BCUT2D eigenvalue weighted by atomic mass is 16.5. The highest BCUT2D eigenvalue weighted by Crippen LogP contribution is 2.35. The van der Waals surface area contributed by atoms with Crippen LogP contribution in [0, 0.1) is 6.92 Å². The summed E-state index contributed by atoms with van der Waals surface area (Å²) in [6, 6.07) is 9.36. The number of ether oxygens (including phenoxy) is 1. The van der Waals surface area contributed by atoms with E-state index in [9.17, 15) is 14.7 Å². The average molecular weight is 519 g/mol. The Kier molecular flexibility index (Phi) is 6.43. The normalized spacial score (nSPS) is 23.0. The van der Waals surface area contributed by atoms with Gasteiger partial charge in [0.05, 0.1) is 29.1 Å². The van der Waals surface area contributed by atoms with Gasteiger partial charge in [-0.05, 0) is 44.7 Å². The molecule has 2 saturated heterocycles. The standard InChI is InChI=1S/C28H34N6O4/c1-17-6-7-24-20(11-17)28(37)33-10-4-3-5-22(33)21-12-26-30-25(32-14-19(35)15-32)13-23(34(26)31-21)18(2)8-9-29-27(36)16-38-24/h6-7,11-13,18-19,22,35H,3-5,8-10,14-16H2,1-2H3,(H,29,36). The van der Waals surface area contributed by atoms with Crippen molar-refractivity contribution in [3.63, 3.8) is 0 Å². The molecule has 0 radical (unpaired) electrons. The molecule has 2 N–H and O–H groups in total.